The molecule has 7 rings (SSSR count). The molecule has 0 saturated carbocycles. The number of rotatable bonds is 1. The van der Waals surface area contributed by atoms with E-state index in [1.165, 1.54) is 30.2 Å². The maximum atomic E-state index is 13.3. The molecule has 200 valence electrons. The molecule has 2 amide bonds. The average Bonchev–Trinajstić information content (AvgIpc) is 3.32. The molecule has 4 aromatic heterocycles. The molecular weight excluding hydrogens is 514 g/mol. The quantitative estimate of drug-likeness (QED) is 0.324. The van der Waals surface area contributed by atoms with Gasteiger partial charge in [-0.05, 0) is 0 Å². The van der Waals surface area contributed by atoms with E-state index in [-0.39, 0.29) is 24.7 Å². The summed E-state index contributed by atoms with van der Waals surface area (Å²) < 4.78 is 0. The first kappa shape index (κ1) is 23.8. The average molecular weight is 538 g/mol. The van der Waals surface area contributed by atoms with Crippen LogP contribution in [0.25, 0.3) is 0 Å². The molecule has 7 heterocycles. The first-order chi connectivity index (χ1) is 19.3. The number of aromatic nitrogens is 8. The minimum atomic E-state index is -0.894. The van der Waals surface area contributed by atoms with Crippen molar-refractivity contribution >= 4 is 58.4 Å². The Labute approximate surface area is 228 Å². The highest BCUT2D eigenvalue weighted by Gasteiger charge is 2.47. The van der Waals surface area contributed by atoms with Crippen molar-refractivity contribution in [2.75, 3.05) is 47.8 Å². The van der Waals surface area contributed by atoms with Gasteiger partial charge in [0.1, 0.15) is 77.9 Å². The zero-order valence-electron chi connectivity index (χ0n) is 22.1. The van der Waals surface area contributed by atoms with Gasteiger partial charge in [0, 0.05) is 53.2 Å². The Morgan fingerprint density at radius 2 is 0.875 bits per heavy atom. The fraction of sp³-hybridized carbons (Fsp3) is 0.280. The fourth-order valence-electron chi connectivity index (χ4n) is 5.44. The Morgan fingerprint density at radius 1 is 0.525 bits per heavy atom. The van der Waals surface area contributed by atoms with E-state index < -0.39 is 6.04 Å². The molecule has 4 aromatic rings. The first-order valence-corrected chi connectivity index (χ1v) is 12.5. The van der Waals surface area contributed by atoms with E-state index in [0.29, 0.717) is 57.7 Å². The van der Waals surface area contributed by atoms with Crippen LogP contribution in [0.15, 0.2) is 37.4 Å². The Kier molecular flexibility index (Phi) is 5.10. The van der Waals surface area contributed by atoms with Crippen LogP contribution in [0.4, 0.5) is 46.5 Å². The molecule has 0 N–H and O–H groups in total. The van der Waals surface area contributed by atoms with Crippen molar-refractivity contribution in [2.24, 2.45) is 0 Å². The monoisotopic (exact) mass is 537 g/mol. The first-order valence-electron chi connectivity index (χ1n) is 12.5. The largest absolute Gasteiger partial charge is 0.314 e. The summed E-state index contributed by atoms with van der Waals surface area (Å²) in [6.07, 6.45) is 6.05. The normalized spacial score (nSPS) is 16.6. The van der Waals surface area contributed by atoms with Gasteiger partial charge in [-0.2, -0.15) is 0 Å². The van der Waals surface area contributed by atoms with E-state index in [1.54, 1.807) is 9.80 Å². The molecule has 40 heavy (non-hydrogen) atoms. The van der Waals surface area contributed by atoms with Gasteiger partial charge < -0.3 is 19.6 Å². The highest BCUT2D eigenvalue weighted by molar-refractivity contribution is 6.04. The lowest BCUT2D eigenvalue weighted by Crippen LogP contribution is -2.40. The lowest BCUT2D eigenvalue weighted by Gasteiger charge is -2.40. The van der Waals surface area contributed by atoms with Crippen molar-refractivity contribution in [1.29, 1.82) is 0 Å². The van der Waals surface area contributed by atoms with E-state index in [4.69, 9.17) is 0 Å². The standard InChI is InChI=1S/C25H23N13O2/c1-34-13-7-15(28-9-26-13)35(2)22-19-21(38-17(39)5-6-18(38)40)20-23(36(3)16-8-14(34)27-10-29-16)31-12-33-25(20)37(4)24(19)32-11-30-22/h7-12,21H,5-6H2,1-4H3. The van der Waals surface area contributed by atoms with Crippen molar-refractivity contribution < 1.29 is 9.59 Å². The number of hydrogen-bond acceptors (Lipinski definition) is 14. The number of amides is 2. The minimum absolute atomic E-state index is 0.116. The maximum absolute atomic E-state index is 13.3. The highest BCUT2D eigenvalue weighted by atomic mass is 16.2. The van der Waals surface area contributed by atoms with E-state index >= 15 is 0 Å². The van der Waals surface area contributed by atoms with E-state index in [1.807, 2.05) is 50.1 Å². The van der Waals surface area contributed by atoms with Gasteiger partial charge in [-0.25, -0.2) is 39.9 Å². The van der Waals surface area contributed by atoms with Gasteiger partial charge in [0.25, 0.3) is 0 Å². The Hall–Kier alpha value is -5.34. The van der Waals surface area contributed by atoms with Crippen LogP contribution in [0, 0.1) is 0 Å². The van der Waals surface area contributed by atoms with Crippen molar-refractivity contribution in [2.45, 2.75) is 18.9 Å². The predicted molar refractivity (Wildman–Crippen MR) is 143 cm³/mol. The number of likely N-dealkylation sites (tertiary alicyclic amines) is 1. The number of anilines is 8. The molecule has 0 spiro atoms. The topological polar surface area (TPSA) is 153 Å². The molecule has 15 nitrogen and oxygen atoms in total. The molecule has 0 aliphatic carbocycles. The molecule has 0 radical (unpaired) electrons. The van der Waals surface area contributed by atoms with Gasteiger partial charge >= 0.3 is 0 Å². The second-order valence-electron chi connectivity index (χ2n) is 9.63. The molecule has 3 aliphatic rings. The lowest BCUT2D eigenvalue weighted by atomic mass is 9.93. The van der Waals surface area contributed by atoms with Gasteiger partial charge in [-0.1, -0.05) is 0 Å². The Bertz CT molecular complexity index is 1590. The summed E-state index contributed by atoms with van der Waals surface area (Å²) in [6.45, 7) is 0. The van der Waals surface area contributed by atoms with Crippen LogP contribution in [-0.2, 0) is 9.59 Å². The third-order valence-electron chi connectivity index (χ3n) is 7.50. The molecule has 6 bridgehead atoms. The fourth-order valence-corrected chi connectivity index (χ4v) is 5.44. The van der Waals surface area contributed by atoms with Crippen LogP contribution >= 0.6 is 0 Å². The molecular formula is C25H23N13O2. The van der Waals surface area contributed by atoms with Gasteiger partial charge in [-0.3, -0.25) is 14.5 Å². The summed E-state index contributed by atoms with van der Waals surface area (Å²) in [5.41, 5.74) is 1.11. The van der Waals surface area contributed by atoms with Crippen LogP contribution in [0.5, 0.6) is 0 Å². The molecule has 15 heteroatoms. The molecule has 0 unspecified atom stereocenters. The molecule has 1 fully saturated rings. The van der Waals surface area contributed by atoms with Crippen LogP contribution in [0.3, 0.4) is 0 Å². The SMILES string of the molecule is CN1c2cc(ncn2)N(C)c2ncnc3c2C(N2C(=O)CCC2=O)c2c(ncnc2N3C)N(C)c2cc1ncn2. The third kappa shape index (κ3) is 3.30. The smallest absolute Gasteiger partial charge is 0.230 e. The van der Waals surface area contributed by atoms with Crippen LogP contribution in [0.2, 0.25) is 0 Å². The summed E-state index contributed by atoms with van der Waals surface area (Å²) in [5, 5.41) is 0. The lowest BCUT2D eigenvalue weighted by molar-refractivity contribution is -0.140. The van der Waals surface area contributed by atoms with E-state index in [9.17, 15) is 9.59 Å². The van der Waals surface area contributed by atoms with Crippen molar-refractivity contribution in [3.63, 3.8) is 0 Å². The van der Waals surface area contributed by atoms with Crippen molar-refractivity contribution in [1.82, 2.24) is 44.8 Å². The number of carbonyl (C=O) groups is 2. The van der Waals surface area contributed by atoms with Crippen molar-refractivity contribution in [3.8, 4) is 0 Å². The number of imide groups is 1. The third-order valence-corrected chi connectivity index (χ3v) is 7.50. The number of nitrogens with zero attached hydrogens (tertiary/aromatic N) is 13. The van der Waals surface area contributed by atoms with Gasteiger partial charge in [-0.15, -0.1) is 0 Å². The molecule has 3 aliphatic heterocycles. The Morgan fingerprint density at radius 3 is 1.30 bits per heavy atom. The second-order valence-corrected chi connectivity index (χ2v) is 9.63. The zero-order valence-corrected chi connectivity index (χ0v) is 22.1. The van der Waals surface area contributed by atoms with E-state index in [0.717, 1.165) is 0 Å². The predicted octanol–water partition coefficient (Wildman–Crippen LogP) is 1.78. The summed E-state index contributed by atoms with van der Waals surface area (Å²) >= 11 is 0. The second kappa shape index (κ2) is 8.59. The number of fused-ring (bicyclic) bond motifs is 4. The van der Waals surface area contributed by atoms with Gasteiger partial charge in [0.05, 0.1) is 11.1 Å². The van der Waals surface area contributed by atoms with Gasteiger partial charge in [0.15, 0.2) is 0 Å². The van der Waals surface area contributed by atoms with Gasteiger partial charge in [0.2, 0.25) is 11.8 Å². The maximum Gasteiger partial charge on any atom is 0.230 e. The summed E-state index contributed by atoms with van der Waals surface area (Å²) in [7, 11) is 7.32. The van der Waals surface area contributed by atoms with Crippen LogP contribution in [-0.4, -0.2) is 84.8 Å². The van der Waals surface area contributed by atoms with Crippen LogP contribution in [0.1, 0.15) is 30.0 Å². The molecule has 1 saturated heterocycles. The summed E-state index contributed by atoms with van der Waals surface area (Å²) in [4.78, 5) is 71.5. The highest BCUT2D eigenvalue weighted by Crippen LogP contribution is 2.52. The molecule has 0 atom stereocenters. The zero-order chi connectivity index (χ0) is 27.7. The van der Waals surface area contributed by atoms with Crippen LogP contribution < -0.4 is 19.6 Å². The number of carbonyl (C=O) groups excluding carboxylic acids is 2. The Balaban J connectivity index is 1.60. The molecule has 0 aromatic carbocycles. The summed E-state index contributed by atoms with van der Waals surface area (Å²) in [6, 6.07) is 2.72. The minimum Gasteiger partial charge on any atom is -0.314 e. The van der Waals surface area contributed by atoms with E-state index in [2.05, 4.69) is 39.9 Å². The summed E-state index contributed by atoms with van der Waals surface area (Å²) in [5.74, 6) is 3.64. The number of hydrogen-bond donors (Lipinski definition) is 0. The van der Waals surface area contributed by atoms with Crippen molar-refractivity contribution in [3.05, 3.63) is 48.6 Å².